The summed E-state index contributed by atoms with van der Waals surface area (Å²) < 4.78 is 5.17. The largest absolute Gasteiger partial charge is 0.450 e. The Morgan fingerprint density at radius 3 is 2.54 bits per heavy atom. The maximum absolute atomic E-state index is 13.0. The standard InChI is InChI=1S/C22H35N3O3/c1-3-28-21(27)23-9-7-22(14-23)10-16(11-22)24-12-17-18(13-24)19(17)20(26)25-8-5-4-6-15(25)2/h15-19H,3-14H2,1-2H3/t15-,16?,17-,18+,19?,22?/m1/s1. The normalized spacial score (nSPS) is 42.4. The third-order valence-electron chi connectivity index (χ3n) is 8.41. The highest BCUT2D eigenvalue weighted by Crippen LogP contribution is 2.57. The molecule has 0 aromatic rings. The smallest absolute Gasteiger partial charge is 0.409 e. The van der Waals surface area contributed by atoms with Gasteiger partial charge in [-0.1, -0.05) is 0 Å². The number of piperidine rings is 2. The van der Waals surface area contributed by atoms with Crippen LogP contribution in [0.4, 0.5) is 4.79 Å². The maximum Gasteiger partial charge on any atom is 0.409 e. The Kier molecular flexibility index (Phi) is 4.61. The van der Waals surface area contributed by atoms with E-state index in [1.54, 1.807) is 0 Å². The van der Waals surface area contributed by atoms with Crippen LogP contribution >= 0.6 is 0 Å². The van der Waals surface area contributed by atoms with Crippen LogP contribution in [0.25, 0.3) is 0 Å². The molecule has 0 aromatic heterocycles. The van der Waals surface area contributed by atoms with Crippen molar-refractivity contribution in [3.63, 3.8) is 0 Å². The van der Waals surface area contributed by atoms with E-state index in [1.165, 1.54) is 32.1 Å². The molecule has 3 aliphatic heterocycles. The van der Waals surface area contributed by atoms with Crippen LogP contribution in [0, 0.1) is 23.2 Å². The Morgan fingerprint density at radius 1 is 1.11 bits per heavy atom. The van der Waals surface area contributed by atoms with Crippen LogP contribution in [0.3, 0.4) is 0 Å². The van der Waals surface area contributed by atoms with Crippen molar-refractivity contribution in [2.24, 2.45) is 23.2 Å². The number of nitrogens with zero attached hydrogens (tertiary/aromatic N) is 3. The van der Waals surface area contributed by atoms with Crippen LogP contribution in [0.2, 0.25) is 0 Å². The highest BCUT2D eigenvalue weighted by Gasteiger charge is 2.63. The second-order valence-electron chi connectivity index (χ2n) is 10.1. The number of ether oxygens (including phenoxy) is 1. The van der Waals surface area contributed by atoms with Gasteiger partial charge in [-0.15, -0.1) is 0 Å². The van der Waals surface area contributed by atoms with Crippen LogP contribution in [0.15, 0.2) is 0 Å². The second-order valence-corrected chi connectivity index (χ2v) is 10.1. The SMILES string of the molecule is CCOC(=O)N1CCC2(CC(N3C[C@@H]4C(C(=O)N5CCCC[C@H]5C)[C@@H]4C3)C2)C1. The van der Waals surface area contributed by atoms with E-state index in [1.807, 2.05) is 11.8 Å². The number of carbonyl (C=O) groups excluding carboxylic acids is 2. The fourth-order valence-corrected chi connectivity index (χ4v) is 6.68. The van der Waals surface area contributed by atoms with Crippen LogP contribution < -0.4 is 0 Å². The molecule has 5 aliphatic rings. The fourth-order valence-electron chi connectivity index (χ4n) is 6.68. The van der Waals surface area contributed by atoms with E-state index >= 15 is 0 Å². The third-order valence-corrected chi connectivity index (χ3v) is 8.41. The lowest BCUT2D eigenvalue weighted by Gasteiger charge is -2.49. The average molecular weight is 390 g/mol. The predicted molar refractivity (Wildman–Crippen MR) is 106 cm³/mol. The number of carbonyl (C=O) groups is 2. The Labute approximate surface area is 168 Å². The van der Waals surface area contributed by atoms with Gasteiger partial charge in [0, 0.05) is 50.7 Å². The van der Waals surface area contributed by atoms with E-state index in [4.69, 9.17) is 4.74 Å². The van der Waals surface area contributed by atoms with Crippen molar-refractivity contribution >= 4 is 12.0 Å². The molecule has 2 amide bonds. The van der Waals surface area contributed by atoms with Gasteiger partial charge in [-0.3, -0.25) is 9.69 Å². The molecule has 3 saturated heterocycles. The molecule has 156 valence electrons. The summed E-state index contributed by atoms with van der Waals surface area (Å²) >= 11 is 0. The zero-order valence-corrected chi connectivity index (χ0v) is 17.4. The van der Waals surface area contributed by atoms with E-state index in [0.717, 1.165) is 39.1 Å². The molecule has 1 unspecified atom stereocenters. The van der Waals surface area contributed by atoms with Gasteiger partial charge in [-0.2, -0.15) is 0 Å². The van der Waals surface area contributed by atoms with Gasteiger partial charge >= 0.3 is 6.09 Å². The van der Waals surface area contributed by atoms with E-state index in [-0.39, 0.29) is 6.09 Å². The molecule has 1 spiro atoms. The number of amides is 2. The van der Waals surface area contributed by atoms with Gasteiger partial charge < -0.3 is 14.5 Å². The van der Waals surface area contributed by atoms with E-state index in [9.17, 15) is 9.59 Å². The number of hydrogen-bond acceptors (Lipinski definition) is 4. The van der Waals surface area contributed by atoms with Crippen molar-refractivity contribution in [3.05, 3.63) is 0 Å². The van der Waals surface area contributed by atoms with Gasteiger partial charge in [0.1, 0.15) is 0 Å². The first-order chi connectivity index (χ1) is 13.5. The minimum absolute atomic E-state index is 0.140. The number of hydrogen-bond donors (Lipinski definition) is 0. The molecule has 0 bridgehead atoms. The predicted octanol–water partition coefficient (Wildman–Crippen LogP) is 2.58. The Bertz CT molecular complexity index is 635. The van der Waals surface area contributed by atoms with E-state index in [0.29, 0.717) is 47.8 Å². The van der Waals surface area contributed by atoms with Gasteiger partial charge in [0.25, 0.3) is 0 Å². The van der Waals surface area contributed by atoms with Crippen molar-refractivity contribution in [3.8, 4) is 0 Å². The molecule has 3 heterocycles. The molecule has 0 radical (unpaired) electrons. The summed E-state index contributed by atoms with van der Waals surface area (Å²) in [6, 6.07) is 1.11. The Morgan fingerprint density at radius 2 is 1.86 bits per heavy atom. The topological polar surface area (TPSA) is 53.1 Å². The van der Waals surface area contributed by atoms with Gasteiger partial charge in [0.2, 0.25) is 5.91 Å². The summed E-state index contributed by atoms with van der Waals surface area (Å²) in [6.07, 6.45) is 7.03. The number of rotatable bonds is 3. The molecule has 2 saturated carbocycles. The quantitative estimate of drug-likeness (QED) is 0.744. The molecule has 28 heavy (non-hydrogen) atoms. The summed E-state index contributed by atoms with van der Waals surface area (Å²) in [5, 5.41) is 0. The van der Waals surface area contributed by atoms with E-state index < -0.39 is 0 Å². The first-order valence-corrected chi connectivity index (χ1v) is 11.5. The van der Waals surface area contributed by atoms with Crippen molar-refractivity contribution in [2.45, 2.75) is 64.5 Å². The molecule has 0 N–H and O–H groups in total. The zero-order valence-electron chi connectivity index (χ0n) is 17.4. The first kappa shape index (κ1) is 18.7. The average Bonchev–Trinajstić information content (AvgIpc) is 3.00. The zero-order chi connectivity index (χ0) is 19.5. The molecule has 5 fully saturated rings. The second kappa shape index (κ2) is 6.89. The minimum atomic E-state index is -0.140. The lowest BCUT2D eigenvalue weighted by Crippen LogP contribution is -2.52. The van der Waals surface area contributed by atoms with Gasteiger partial charge in [-0.25, -0.2) is 4.79 Å². The van der Waals surface area contributed by atoms with Crippen LogP contribution in [0.1, 0.15) is 52.4 Å². The van der Waals surface area contributed by atoms with Gasteiger partial charge in [-0.05, 0) is 69.6 Å². The Hall–Kier alpha value is -1.30. The van der Waals surface area contributed by atoms with Crippen molar-refractivity contribution in [1.29, 1.82) is 0 Å². The third kappa shape index (κ3) is 3.03. The summed E-state index contributed by atoms with van der Waals surface area (Å²) in [4.78, 5) is 31.7. The van der Waals surface area contributed by atoms with Crippen molar-refractivity contribution < 1.29 is 14.3 Å². The maximum atomic E-state index is 13.0. The van der Waals surface area contributed by atoms with Crippen molar-refractivity contribution in [1.82, 2.24) is 14.7 Å². The summed E-state index contributed by atoms with van der Waals surface area (Å²) in [6.45, 7) is 9.47. The summed E-state index contributed by atoms with van der Waals surface area (Å²) in [5.74, 6) is 1.99. The van der Waals surface area contributed by atoms with Crippen LogP contribution in [-0.4, -0.2) is 78.1 Å². The number of fused-ring (bicyclic) bond motifs is 1. The fraction of sp³-hybridized carbons (Fsp3) is 0.909. The van der Waals surface area contributed by atoms with Crippen LogP contribution in [0.5, 0.6) is 0 Å². The number of likely N-dealkylation sites (tertiary alicyclic amines) is 3. The monoisotopic (exact) mass is 389 g/mol. The molecule has 5 rings (SSSR count). The molecule has 4 atom stereocenters. The summed E-state index contributed by atoms with van der Waals surface area (Å²) in [7, 11) is 0. The lowest BCUT2D eigenvalue weighted by atomic mass is 9.64. The van der Waals surface area contributed by atoms with Gasteiger partial charge in [0.15, 0.2) is 0 Å². The Balaban J connectivity index is 1.09. The van der Waals surface area contributed by atoms with Crippen LogP contribution in [-0.2, 0) is 9.53 Å². The first-order valence-electron chi connectivity index (χ1n) is 11.5. The minimum Gasteiger partial charge on any atom is -0.450 e. The molecule has 0 aromatic carbocycles. The molecule has 6 nitrogen and oxygen atoms in total. The molecular formula is C22H35N3O3. The lowest BCUT2D eigenvalue weighted by molar-refractivity contribution is -0.137. The van der Waals surface area contributed by atoms with Gasteiger partial charge in [0.05, 0.1) is 6.61 Å². The van der Waals surface area contributed by atoms with E-state index in [2.05, 4.69) is 16.7 Å². The molecule has 2 aliphatic carbocycles. The van der Waals surface area contributed by atoms with Crippen molar-refractivity contribution in [2.75, 3.05) is 39.3 Å². The highest BCUT2D eigenvalue weighted by molar-refractivity contribution is 5.83. The summed E-state index contributed by atoms with van der Waals surface area (Å²) in [5.41, 5.74) is 0.336. The highest BCUT2D eigenvalue weighted by atomic mass is 16.6. The molecular weight excluding hydrogens is 354 g/mol. The molecule has 6 heteroatoms.